The third-order valence-electron chi connectivity index (χ3n) is 3.05. The van der Waals surface area contributed by atoms with Gasteiger partial charge in [0.1, 0.15) is 0 Å². The minimum atomic E-state index is 0.686. The molecule has 15 heavy (non-hydrogen) atoms. The summed E-state index contributed by atoms with van der Waals surface area (Å²) in [5, 5.41) is 7.12. The van der Waals surface area contributed by atoms with Gasteiger partial charge in [0.15, 0.2) is 0 Å². The molecule has 1 rings (SSSR count). The van der Waals surface area contributed by atoms with Crippen LogP contribution in [0.5, 0.6) is 0 Å². The zero-order chi connectivity index (χ0) is 10.9. The van der Waals surface area contributed by atoms with Crippen LogP contribution in [0, 0.1) is 5.92 Å². The molecule has 2 N–H and O–H groups in total. The number of rotatable bonds is 7. The Hall–Kier alpha value is 0.270. The average molecular weight is 230 g/mol. The van der Waals surface area contributed by atoms with Gasteiger partial charge in [-0.15, -0.1) is 0 Å². The fraction of sp³-hybridized carbons (Fsp3) is 1.00. The van der Waals surface area contributed by atoms with E-state index in [4.69, 9.17) is 0 Å². The second-order valence-corrected chi connectivity index (χ2v) is 5.90. The van der Waals surface area contributed by atoms with Crippen molar-refractivity contribution in [3.63, 3.8) is 0 Å². The number of nitrogens with one attached hydrogen (secondary N) is 2. The highest BCUT2D eigenvalue weighted by Gasteiger charge is 2.13. The summed E-state index contributed by atoms with van der Waals surface area (Å²) in [5.41, 5.74) is 0. The van der Waals surface area contributed by atoms with Crippen molar-refractivity contribution in [1.29, 1.82) is 0 Å². The number of hydrogen-bond donors (Lipinski definition) is 2. The Balaban J connectivity index is 1.97. The Morgan fingerprint density at radius 1 is 1.53 bits per heavy atom. The van der Waals surface area contributed by atoms with Crippen LogP contribution in [0.2, 0.25) is 0 Å². The standard InChI is InChI=1S/C12H26N2S/c1-3-15-8-6-11(2)14-10-12-5-4-7-13-9-12/h11-14H,3-10H2,1-2H3. The molecule has 0 saturated carbocycles. The Morgan fingerprint density at radius 2 is 2.40 bits per heavy atom. The van der Waals surface area contributed by atoms with Crippen LogP contribution in [0.25, 0.3) is 0 Å². The average Bonchev–Trinajstić information content (AvgIpc) is 2.28. The summed E-state index contributed by atoms with van der Waals surface area (Å²) in [6.45, 7) is 8.18. The zero-order valence-corrected chi connectivity index (χ0v) is 11.0. The smallest absolute Gasteiger partial charge is 0.00467 e. The van der Waals surface area contributed by atoms with Gasteiger partial charge >= 0.3 is 0 Å². The third kappa shape index (κ3) is 6.44. The van der Waals surface area contributed by atoms with Gasteiger partial charge in [-0.1, -0.05) is 6.92 Å². The first-order chi connectivity index (χ1) is 7.33. The van der Waals surface area contributed by atoms with Crippen molar-refractivity contribution in [2.45, 2.75) is 39.2 Å². The van der Waals surface area contributed by atoms with Gasteiger partial charge in [-0.25, -0.2) is 0 Å². The molecule has 1 fully saturated rings. The van der Waals surface area contributed by atoms with Gasteiger partial charge in [-0.05, 0) is 63.2 Å². The summed E-state index contributed by atoms with van der Waals surface area (Å²) in [4.78, 5) is 0. The minimum absolute atomic E-state index is 0.686. The van der Waals surface area contributed by atoms with Crippen LogP contribution >= 0.6 is 11.8 Å². The Morgan fingerprint density at radius 3 is 3.07 bits per heavy atom. The molecule has 1 heterocycles. The van der Waals surface area contributed by atoms with Crippen molar-refractivity contribution in [2.24, 2.45) is 5.92 Å². The highest BCUT2D eigenvalue weighted by Crippen LogP contribution is 2.09. The van der Waals surface area contributed by atoms with Gasteiger partial charge in [-0.2, -0.15) is 11.8 Å². The van der Waals surface area contributed by atoms with Gasteiger partial charge in [-0.3, -0.25) is 0 Å². The van der Waals surface area contributed by atoms with Crippen molar-refractivity contribution in [2.75, 3.05) is 31.1 Å². The maximum atomic E-state index is 3.66. The molecule has 2 nitrogen and oxygen atoms in total. The highest BCUT2D eigenvalue weighted by molar-refractivity contribution is 7.99. The predicted octanol–water partition coefficient (Wildman–Crippen LogP) is 2.11. The lowest BCUT2D eigenvalue weighted by atomic mass is 9.99. The van der Waals surface area contributed by atoms with Crippen LogP contribution in [0.1, 0.15) is 33.1 Å². The van der Waals surface area contributed by atoms with Gasteiger partial charge in [0.2, 0.25) is 0 Å². The monoisotopic (exact) mass is 230 g/mol. The van der Waals surface area contributed by atoms with Gasteiger partial charge in [0, 0.05) is 6.04 Å². The number of hydrogen-bond acceptors (Lipinski definition) is 3. The first kappa shape index (κ1) is 13.3. The molecule has 2 atom stereocenters. The molecule has 0 spiro atoms. The summed E-state index contributed by atoms with van der Waals surface area (Å²) in [7, 11) is 0. The molecule has 0 radical (unpaired) electrons. The van der Waals surface area contributed by atoms with Crippen LogP contribution < -0.4 is 10.6 Å². The second kappa shape index (κ2) is 8.43. The van der Waals surface area contributed by atoms with Crippen molar-refractivity contribution >= 4 is 11.8 Å². The molecular weight excluding hydrogens is 204 g/mol. The normalized spacial score (nSPS) is 24.0. The van der Waals surface area contributed by atoms with Gasteiger partial charge in [0.05, 0.1) is 0 Å². The van der Waals surface area contributed by atoms with Crippen LogP contribution in [-0.4, -0.2) is 37.2 Å². The lowest BCUT2D eigenvalue weighted by Crippen LogP contribution is -2.39. The largest absolute Gasteiger partial charge is 0.316 e. The molecule has 0 bridgehead atoms. The van der Waals surface area contributed by atoms with Crippen LogP contribution in [0.15, 0.2) is 0 Å². The van der Waals surface area contributed by atoms with E-state index in [0.29, 0.717) is 6.04 Å². The minimum Gasteiger partial charge on any atom is -0.316 e. The Bertz CT molecular complexity index is 147. The van der Waals surface area contributed by atoms with Crippen molar-refractivity contribution in [3.8, 4) is 0 Å². The van der Waals surface area contributed by atoms with E-state index in [1.807, 2.05) is 11.8 Å². The zero-order valence-electron chi connectivity index (χ0n) is 10.2. The molecular formula is C12H26N2S. The molecule has 3 heteroatoms. The van der Waals surface area contributed by atoms with Gasteiger partial charge < -0.3 is 10.6 Å². The molecule has 0 aliphatic carbocycles. The van der Waals surface area contributed by atoms with E-state index in [0.717, 1.165) is 5.92 Å². The molecule has 1 aliphatic heterocycles. The van der Waals surface area contributed by atoms with Crippen molar-refractivity contribution in [3.05, 3.63) is 0 Å². The number of thioether (sulfide) groups is 1. The number of piperidine rings is 1. The second-order valence-electron chi connectivity index (χ2n) is 4.51. The fourth-order valence-corrected chi connectivity index (χ4v) is 2.78. The molecule has 0 aromatic carbocycles. The summed E-state index contributed by atoms with van der Waals surface area (Å²) < 4.78 is 0. The molecule has 90 valence electrons. The molecule has 0 aromatic heterocycles. The Kier molecular flexibility index (Phi) is 7.49. The fourth-order valence-electron chi connectivity index (χ4n) is 1.97. The Labute approximate surface area is 99.0 Å². The van der Waals surface area contributed by atoms with E-state index in [2.05, 4.69) is 24.5 Å². The van der Waals surface area contributed by atoms with E-state index in [9.17, 15) is 0 Å². The summed E-state index contributed by atoms with van der Waals surface area (Å²) in [6, 6.07) is 0.686. The van der Waals surface area contributed by atoms with Crippen molar-refractivity contribution in [1.82, 2.24) is 10.6 Å². The highest BCUT2D eigenvalue weighted by atomic mass is 32.2. The van der Waals surface area contributed by atoms with E-state index in [1.165, 1.54) is 50.4 Å². The van der Waals surface area contributed by atoms with E-state index >= 15 is 0 Å². The maximum absolute atomic E-state index is 3.66. The van der Waals surface area contributed by atoms with E-state index in [-0.39, 0.29) is 0 Å². The molecule has 1 aliphatic rings. The first-order valence-electron chi connectivity index (χ1n) is 6.34. The lowest BCUT2D eigenvalue weighted by Gasteiger charge is -2.24. The lowest BCUT2D eigenvalue weighted by molar-refractivity contribution is 0.345. The first-order valence-corrected chi connectivity index (χ1v) is 7.50. The predicted molar refractivity (Wildman–Crippen MR) is 70.7 cm³/mol. The molecule has 0 amide bonds. The van der Waals surface area contributed by atoms with Crippen LogP contribution in [-0.2, 0) is 0 Å². The molecule has 0 aromatic rings. The summed E-state index contributed by atoms with van der Waals surface area (Å²) >= 11 is 2.05. The maximum Gasteiger partial charge on any atom is 0.00467 e. The van der Waals surface area contributed by atoms with E-state index in [1.54, 1.807) is 0 Å². The summed E-state index contributed by atoms with van der Waals surface area (Å²) in [5.74, 6) is 3.41. The van der Waals surface area contributed by atoms with Crippen LogP contribution in [0.4, 0.5) is 0 Å². The van der Waals surface area contributed by atoms with Crippen LogP contribution in [0.3, 0.4) is 0 Å². The van der Waals surface area contributed by atoms with Crippen molar-refractivity contribution < 1.29 is 0 Å². The van der Waals surface area contributed by atoms with Gasteiger partial charge in [0.25, 0.3) is 0 Å². The van der Waals surface area contributed by atoms with E-state index < -0.39 is 0 Å². The third-order valence-corrected chi connectivity index (χ3v) is 3.99. The SMILES string of the molecule is CCSCCC(C)NCC1CCCNC1. The quantitative estimate of drug-likeness (QED) is 0.655. The summed E-state index contributed by atoms with van der Waals surface area (Å²) in [6.07, 6.45) is 4.06. The topological polar surface area (TPSA) is 24.1 Å². The molecule has 1 saturated heterocycles. The molecule has 2 unspecified atom stereocenters.